The normalized spacial score (nSPS) is 20.9. The zero-order chi connectivity index (χ0) is 14.0. The number of aryl methyl sites for hydroxylation is 1. The SMILES string of the molecule is O=S(=O)(C1=Cc2ccccc2CC1)N1CCCSCC1. The van der Waals surface area contributed by atoms with E-state index in [0.717, 1.165) is 29.9 Å². The first-order valence-electron chi connectivity index (χ1n) is 7.04. The van der Waals surface area contributed by atoms with E-state index >= 15 is 0 Å². The Balaban J connectivity index is 1.90. The molecule has 1 saturated heterocycles. The molecule has 1 aliphatic heterocycles. The van der Waals surface area contributed by atoms with E-state index in [0.29, 0.717) is 24.4 Å². The Kier molecular flexibility index (Phi) is 4.19. The Morgan fingerprint density at radius 2 is 1.90 bits per heavy atom. The van der Waals surface area contributed by atoms with Crippen LogP contribution in [0.2, 0.25) is 0 Å². The number of thioether (sulfide) groups is 1. The van der Waals surface area contributed by atoms with E-state index in [1.807, 2.05) is 36.0 Å². The van der Waals surface area contributed by atoms with Gasteiger partial charge in [0.25, 0.3) is 0 Å². The second-order valence-electron chi connectivity index (χ2n) is 5.18. The van der Waals surface area contributed by atoms with Gasteiger partial charge in [0.15, 0.2) is 0 Å². The molecule has 2 aliphatic rings. The summed E-state index contributed by atoms with van der Waals surface area (Å²) in [5, 5.41) is 0. The summed E-state index contributed by atoms with van der Waals surface area (Å²) >= 11 is 1.85. The zero-order valence-electron chi connectivity index (χ0n) is 11.4. The third-order valence-electron chi connectivity index (χ3n) is 3.86. The number of nitrogens with zero attached hydrogens (tertiary/aromatic N) is 1. The summed E-state index contributed by atoms with van der Waals surface area (Å²) in [7, 11) is -3.27. The molecule has 0 atom stereocenters. The Morgan fingerprint density at radius 3 is 2.80 bits per heavy atom. The summed E-state index contributed by atoms with van der Waals surface area (Å²) in [4.78, 5) is 0.586. The number of sulfonamides is 1. The summed E-state index contributed by atoms with van der Waals surface area (Å²) in [6.07, 6.45) is 4.27. The number of hydrogen-bond donors (Lipinski definition) is 0. The summed E-state index contributed by atoms with van der Waals surface area (Å²) in [6.45, 7) is 1.31. The topological polar surface area (TPSA) is 37.4 Å². The summed E-state index contributed by atoms with van der Waals surface area (Å²) in [6, 6.07) is 8.06. The highest BCUT2D eigenvalue weighted by atomic mass is 32.2. The van der Waals surface area contributed by atoms with E-state index in [-0.39, 0.29) is 0 Å². The molecule has 20 heavy (non-hydrogen) atoms. The third-order valence-corrected chi connectivity index (χ3v) is 6.94. The van der Waals surface area contributed by atoms with Crippen molar-refractivity contribution in [2.45, 2.75) is 19.3 Å². The van der Waals surface area contributed by atoms with Crippen molar-refractivity contribution in [1.29, 1.82) is 0 Å². The lowest BCUT2D eigenvalue weighted by Gasteiger charge is -2.24. The minimum Gasteiger partial charge on any atom is -0.207 e. The van der Waals surface area contributed by atoms with Gasteiger partial charge < -0.3 is 0 Å². The Hall–Kier alpha value is -0.780. The first kappa shape index (κ1) is 14.2. The minimum atomic E-state index is -3.27. The van der Waals surface area contributed by atoms with Crippen molar-refractivity contribution < 1.29 is 8.42 Å². The lowest BCUT2D eigenvalue weighted by atomic mass is 9.98. The van der Waals surface area contributed by atoms with Gasteiger partial charge in [0, 0.05) is 18.8 Å². The molecule has 1 aliphatic carbocycles. The van der Waals surface area contributed by atoms with Crippen LogP contribution in [0, 0.1) is 0 Å². The van der Waals surface area contributed by atoms with Crippen molar-refractivity contribution in [2.75, 3.05) is 24.6 Å². The third kappa shape index (κ3) is 2.80. The van der Waals surface area contributed by atoms with Crippen LogP contribution in [0.3, 0.4) is 0 Å². The van der Waals surface area contributed by atoms with Gasteiger partial charge >= 0.3 is 0 Å². The second kappa shape index (κ2) is 5.92. The molecular formula is C15H19NO2S2. The smallest absolute Gasteiger partial charge is 0.207 e. The molecule has 5 heteroatoms. The van der Waals surface area contributed by atoms with Crippen molar-refractivity contribution in [1.82, 2.24) is 4.31 Å². The molecule has 3 nitrogen and oxygen atoms in total. The molecule has 0 amide bonds. The molecule has 0 N–H and O–H groups in total. The molecule has 0 bridgehead atoms. The molecule has 3 rings (SSSR count). The standard InChI is InChI=1S/C15H19NO2S2/c17-20(18,16-8-3-10-19-11-9-16)15-7-6-13-4-1-2-5-14(13)12-15/h1-2,4-5,12H,3,6-11H2. The predicted octanol–water partition coefficient (Wildman–Crippen LogP) is 2.74. The molecule has 108 valence electrons. The fourth-order valence-electron chi connectivity index (χ4n) is 2.74. The molecular weight excluding hydrogens is 290 g/mol. The lowest BCUT2D eigenvalue weighted by Crippen LogP contribution is -2.34. The molecule has 0 saturated carbocycles. The highest BCUT2D eigenvalue weighted by molar-refractivity contribution is 7.99. The van der Waals surface area contributed by atoms with Crippen LogP contribution in [0.15, 0.2) is 29.2 Å². The van der Waals surface area contributed by atoms with Gasteiger partial charge in [-0.2, -0.15) is 16.1 Å². The van der Waals surface area contributed by atoms with Crippen LogP contribution in [-0.4, -0.2) is 37.3 Å². The maximum absolute atomic E-state index is 12.8. The zero-order valence-corrected chi connectivity index (χ0v) is 13.0. The van der Waals surface area contributed by atoms with E-state index in [2.05, 4.69) is 6.07 Å². The van der Waals surface area contributed by atoms with Gasteiger partial charge in [-0.05, 0) is 42.2 Å². The van der Waals surface area contributed by atoms with Gasteiger partial charge in [0.2, 0.25) is 10.0 Å². The fourth-order valence-corrected chi connectivity index (χ4v) is 5.41. The van der Waals surface area contributed by atoms with E-state index in [4.69, 9.17) is 0 Å². The van der Waals surface area contributed by atoms with Crippen LogP contribution in [-0.2, 0) is 16.4 Å². The summed E-state index contributed by atoms with van der Waals surface area (Å²) < 4.78 is 27.2. The highest BCUT2D eigenvalue weighted by Gasteiger charge is 2.28. The van der Waals surface area contributed by atoms with Crippen LogP contribution in [0.25, 0.3) is 6.08 Å². The molecule has 0 aromatic heterocycles. The summed E-state index contributed by atoms with van der Waals surface area (Å²) in [5.74, 6) is 1.97. The van der Waals surface area contributed by atoms with Gasteiger partial charge in [-0.25, -0.2) is 8.42 Å². The van der Waals surface area contributed by atoms with Crippen molar-refractivity contribution >= 4 is 27.9 Å². The maximum atomic E-state index is 12.8. The average Bonchev–Trinajstić information content (AvgIpc) is 2.76. The molecule has 1 heterocycles. The number of allylic oxidation sites excluding steroid dienone is 1. The quantitative estimate of drug-likeness (QED) is 0.843. The Labute approximate surface area is 125 Å². The number of hydrogen-bond acceptors (Lipinski definition) is 3. The Morgan fingerprint density at radius 1 is 1.05 bits per heavy atom. The fraction of sp³-hybridized carbons (Fsp3) is 0.467. The van der Waals surface area contributed by atoms with Crippen molar-refractivity contribution in [2.24, 2.45) is 0 Å². The van der Waals surface area contributed by atoms with Crippen LogP contribution in [0.5, 0.6) is 0 Å². The average molecular weight is 309 g/mol. The van der Waals surface area contributed by atoms with Gasteiger partial charge in [0.05, 0.1) is 4.91 Å². The van der Waals surface area contributed by atoms with Crippen LogP contribution in [0.4, 0.5) is 0 Å². The molecule has 1 aromatic carbocycles. The number of benzene rings is 1. The number of rotatable bonds is 2. The molecule has 0 radical (unpaired) electrons. The largest absolute Gasteiger partial charge is 0.239 e. The van der Waals surface area contributed by atoms with Gasteiger partial charge in [-0.1, -0.05) is 24.3 Å². The molecule has 0 spiro atoms. The monoisotopic (exact) mass is 309 g/mol. The summed E-state index contributed by atoms with van der Waals surface area (Å²) in [5.41, 5.74) is 2.30. The highest BCUT2D eigenvalue weighted by Crippen LogP contribution is 2.29. The second-order valence-corrected chi connectivity index (χ2v) is 8.40. The van der Waals surface area contributed by atoms with Crippen LogP contribution >= 0.6 is 11.8 Å². The van der Waals surface area contributed by atoms with Gasteiger partial charge in [-0.3, -0.25) is 0 Å². The van der Waals surface area contributed by atoms with Gasteiger partial charge in [-0.15, -0.1) is 0 Å². The van der Waals surface area contributed by atoms with Crippen molar-refractivity contribution in [3.63, 3.8) is 0 Å². The van der Waals surface area contributed by atoms with Crippen LogP contribution in [0.1, 0.15) is 24.0 Å². The molecule has 0 unspecified atom stereocenters. The maximum Gasteiger partial charge on any atom is 0.239 e. The van der Waals surface area contributed by atoms with E-state index in [1.54, 1.807) is 4.31 Å². The van der Waals surface area contributed by atoms with Crippen molar-refractivity contribution in [3.05, 3.63) is 40.3 Å². The van der Waals surface area contributed by atoms with Gasteiger partial charge in [0.1, 0.15) is 0 Å². The first-order valence-corrected chi connectivity index (χ1v) is 9.64. The van der Waals surface area contributed by atoms with E-state index in [9.17, 15) is 8.42 Å². The van der Waals surface area contributed by atoms with Crippen LogP contribution < -0.4 is 0 Å². The minimum absolute atomic E-state index is 0.586. The van der Waals surface area contributed by atoms with E-state index in [1.165, 1.54) is 5.56 Å². The molecule has 1 aromatic rings. The number of fused-ring (bicyclic) bond motifs is 1. The Bertz CT molecular complexity index is 615. The van der Waals surface area contributed by atoms with E-state index < -0.39 is 10.0 Å². The lowest BCUT2D eigenvalue weighted by molar-refractivity contribution is 0.439. The predicted molar refractivity (Wildman–Crippen MR) is 85.2 cm³/mol. The molecule has 1 fully saturated rings. The first-order chi connectivity index (χ1) is 9.68. The van der Waals surface area contributed by atoms with Crippen molar-refractivity contribution in [3.8, 4) is 0 Å².